The number of amides is 1. The number of non-ortho nitro benzene ring substituents is 1. The molecule has 23 heavy (non-hydrogen) atoms. The van der Waals surface area contributed by atoms with E-state index in [1.165, 1.54) is 18.3 Å². The number of hydrogen-bond donors (Lipinski definition) is 1. The summed E-state index contributed by atoms with van der Waals surface area (Å²) >= 11 is 0. The molecule has 7 nitrogen and oxygen atoms in total. The second-order valence-corrected chi connectivity index (χ2v) is 4.99. The van der Waals surface area contributed by atoms with Crippen molar-refractivity contribution in [2.24, 2.45) is 5.10 Å². The zero-order chi connectivity index (χ0) is 16.8. The fourth-order valence-corrected chi connectivity index (χ4v) is 1.86. The lowest BCUT2D eigenvalue weighted by atomic mass is 10.2. The summed E-state index contributed by atoms with van der Waals surface area (Å²) in [6.45, 7) is 0. The third-order valence-electron chi connectivity index (χ3n) is 3.11. The van der Waals surface area contributed by atoms with Crippen molar-refractivity contribution >= 4 is 23.5 Å². The van der Waals surface area contributed by atoms with Crippen molar-refractivity contribution in [3.05, 3.63) is 69.8 Å². The van der Waals surface area contributed by atoms with Crippen LogP contribution in [0.15, 0.2) is 53.6 Å². The van der Waals surface area contributed by atoms with Crippen LogP contribution in [0, 0.1) is 10.1 Å². The lowest BCUT2D eigenvalue weighted by Crippen LogP contribution is -2.18. The van der Waals surface area contributed by atoms with Gasteiger partial charge in [0.05, 0.1) is 11.1 Å². The highest BCUT2D eigenvalue weighted by molar-refractivity contribution is 5.95. The number of hydrogen-bond acceptors (Lipinski definition) is 5. The molecule has 1 amide bonds. The van der Waals surface area contributed by atoms with Gasteiger partial charge in [0, 0.05) is 43.0 Å². The van der Waals surface area contributed by atoms with Crippen molar-refractivity contribution in [2.45, 2.75) is 0 Å². The molecule has 0 aromatic heterocycles. The molecule has 2 aromatic carbocycles. The Kier molecular flexibility index (Phi) is 5.03. The SMILES string of the molecule is CN(C)c1ccc(C(=O)NN=Cc2cccc([N+](=O)[O-])c2)cc1. The number of nitro benzene ring substituents is 1. The molecule has 118 valence electrons. The first-order valence-electron chi connectivity index (χ1n) is 6.82. The van der Waals surface area contributed by atoms with Crippen molar-refractivity contribution < 1.29 is 9.72 Å². The Labute approximate surface area is 133 Å². The second kappa shape index (κ2) is 7.17. The Morgan fingerprint density at radius 3 is 2.52 bits per heavy atom. The number of anilines is 1. The lowest BCUT2D eigenvalue weighted by Gasteiger charge is -2.12. The van der Waals surface area contributed by atoms with Crippen molar-refractivity contribution in [2.75, 3.05) is 19.0 Å². The Morgan fingerprint density at radius 2 is 1.91 bits per heavy atom. The van der Waals surface area contributed by atoms with Crippen LogP contribution in [-0.4, -0.2) is 31.1 Å². The first kappa shape index (κ1) is 16.2. The van der Waals surface area contributed by atoms with E-state index in [1.807, 2.05) is 31.1 Å². The average Bonchev–Trinajstić information content (AvgIpc) is 2.55. The summed E-state index contributed by atoms with van der Waals surface area (Å²) in [5, 5.41) is 14.5. The first-order valence-corrected chi connectivity index (χ1v) is 6.82. The predicted octanol–water partition coefficient (Wildman–Crippen LogP) is 2.42. The van der Waals surface area contributed by atoms with E-state index in [2.05, 4.69) is 10.5 Å². The molecular weight excluding hydrogens is 296 g/mol. The van der Waals surface area contributed by atoms with Crippen LogP contribution in [-0.2, 0) is 0 Å². The number of carbonyl (C=O) groups excluding carboxylic acids is 1. The Morgan fingerprint density at radius 1 is 1.22 bits per heavy atom. The molecule has 0 saturated heterocycles. The number of hydrazone groups is 1. The maximum atomic E-state index is 11.9. The van der Waals surface area contributed by atoms with E-state index in [4.69, 9.17) is 0 Å². The molecule has 0 spiro atoms. The summed E-state index contributed by atoms with van der Waals surface area (Å²) in [4.78, 5) is 24.1. The summed E-state index contributed by atoms with van der Waals surface area (Å²) in [7, 11) is 3.83. The molecule has 0 bridgehead atoms. The largest absolute Gasteiger partial charge is 0.378 e. The third-order valence-corrected chi connectivity index (χ3v) is 3.11. The zero-order valence-corrected chi connectivity index (χ0v) is 12.8. The van der Waals surface area contributed by atoms with E-state index < -0.39 is 4.92 Å². The van der Waals surface area contributed by atoms with Crippen molar-refractivity contribution in [3.8, 4) is 0 Å². The second-order valence-electron chi connectivity index (χ2n) is 4.99. The Hall–Kier alpha value is -3.22. The highest BCUT2D eigenvalue weighted by Gasteiger charge is 2.06. The number of nitrogens with one attached hydrogen (secondary N) is 1. The maximum absolute atomic E-state index is 11.9. The molecule has 2 aromatic rings. The van der Waals surface area contributed by atoms with E-state index in [1.54, 1.807) is 24.3 Å². The summed E-state index contributed by atoms with van der Waals surface area (Å²) in [5.74, 6) is -0.350. The quantitative estimate of drug-likeness (QED) is 0.522. The standard InChI is InChI=1S/C16H16N4O3/c1-19(2)14-8-6-13(7-9-14)16(21)18-17-11-12-4-3-5-15(10-12)20(22)23/h3-11H,1-2H3,(H,18,21). The van der Waals surface area contributed by atoms with Crippen LogP contribution >= 0.6 is 0 Å². The van der Waals surface area contributed by atoms with E-state index in [0.29, 0.717) is 11.1 Å². The third kappa shape index (κ3) is 4.37. The molecule has 0 aliphatic carbocycles. The number of rotatable bonds is 5. The summed E-state index contributed by atoms with van der Waals surface area (Å²) in [6, 6.07) is 13.1. The van der Waals surface area contributed by atoms with E-state index in [-0.39, 0.29) is 11.6 Å². The van der Waals surface area contributed by atoms with Crippen LogP contribution in [0.4, 0.5) is 11.4 Å². The smallest absolute Gasteiger partial charge is 0.271 e. The van der Waals surface area contributed by atoms with Gasteiger partial charge in [-0.25, -0.2) is 5.43 Å². The molecule has 0 unspecified atom stereocenters. The average molecular weight is 312 g/mol. The van der Waals surface area contributed by atoms with Crippen LogP contribution < -0.4 is 10.3 Å². The minimum absolute atomic E-state index is 0.0282. The molecule has 7 heteroatoms. The van der Waals surface area contributed by atoms with Gasteiger partial charge in [0.2, 0.25) is 0 Å². The van der Waals surface area contributed by atoms with E-state index in [9.17, 15) is 14.9 Å². The van der Waals surface area contributed by atoms with Gasteiger partial charge >= 0.3 is 0 Å². The van der Waals surface area contributed by atoms with Crippen LogP contribution in [0.1, 0.15) is 15.9 Å². The van der Waals surface area contributed by atoms with Gasteiger partial charge in [0.1, 0.15) is 0 Å². The lowest BCUT2D eigenvalue weighted by molar-refractivity contribution is -0.384. The predicted molar refractivity (Wildman–Crippen MR) is 88.9 cm³/mol. The van der Waals surface area contributed by atoms with Crippen molar-refractivity contribution in [3.63, 3.8) is 0 Å². The molecule has 0 fully saturated rings. The van der Waals surface area contributed by atoms with Gasteiger partial charge in [-0.3, -0.25) is 14.9 Å². The normalized spacial score (nSPS) is 10.5. The molecule has 0 heterocycles. The molecule has 0 aliphatic rings. The maximum Gasteiger partial charge on any atom is 0.271 e. The molecule has 0 radical (unpaired) electrons. The number of nitro groups is 1. The van der Waals surface area contributed by atoms with Crippen LogP contribution in [0.25, 0.3) is 0 Å². The summed E-state index contributed by atoms with van der Waals surface area (Å²) in [6.07, 6.45) is 1.36. The molecule has 2 rings (SSSR count). The van der Waals surface area contributed by atoms with Crippen LogP contribution in [0.2, 0.25) is 0 Å². The number of nitrogens with zero attached hydrogens (tertiary/aromatic N) is 3. The van der Waals surface area contributed by atoms with Crippen LogP contribution in [0.3, 0.4) is 0 Å². The van der Waals surface area contributed by atoms with Crippen molar-refractivity contribution in [1.29, 1.82) is 0 Å². The number of carbonyl (C=O) groups is 1. The van der Waals surface area contributed by atoms with Gasteiger partial charge < -0.3 is 4.90 Å². The van der Waals surface area contributed by atoms with Gasteiger partial charge in [0.25, 0.3) is 11.6 Å². The van der Waals surface area contributed by atoms with Crippen molar-refractivity contribution in [1.82, 2.24) is 5.43 Å². The minimum atomic E-state index is -0.484. The summed E-state index contributed by atoms with van der Waals surface area (Å²) < 4.78 is 0. The van der Waals surface area contributed by atoms with Crippen LogP contribution in [0.5, 0.6) is 0 Å². The molecule has 1 N–H and O–H groups in total. The highest BCUT2D eigenvalue weighted by Crippen LogP contribution is 2.13. The highest BCUT2D eigenvalue weighted by atomic mass is 16.6. The monoisotopic (exact) mass is 312 g/mol. The van der Waals surface area contributed by atoms with Gasteiger partial charge in [-0.2, -0.15) is 5.10 Å². The molecule has 0 saturated carbocycles. The fraction of sp³-hybridized carbons (Fsp3) is 0.125. The van der Waals surface area contributed by atoms with Gasteiger partial charge in [-0.1, -0.05) is 12.1 Å². The fourth-order valence-electron chi connectivity index (χ4n) is 1.86. The van der Waals surface area contributed by atoms with Gasteiger partial charge in [0.15, 0.2) is 0 Å². The molecule has 0 atom stereocenters. The van der Waals surface area contributed by atoms with Gasteiger partial charge in [-0.15, -0.1) is 0 Å². The van der Waals surface area contributed by atoms with Gasteiger partial charge in [-0.05, 0) is 24.3 Å². The first-order chi connectivity index (χ1) is 11.0. The van der Waals surface area contributed by atoms with E-state index >= 15 is 0 Å². The molecular formula is C16H16N4O3. The topological polar surface area (TPSA) is 87.8 Å². The molecule has 0 aliphatic heterocycles. The zero-order valence-electron chi connectivity index (χ0n) is 12.8. The number of benzene rings is 2. The minimum Gasteiger partial charge on any atom is -0.378 e. The Bertz CT molecular complexity index is 739. The summed E-state index contributed by atoms with van der Waals surface area (Å²) in [5.41, 5.74) is 4.36. The Balaban J connectivity index is 2.01. The van der Waals surface area contributed by atoms with E-state index in [0.717, 1.165) is 5.69 Å².